The number of unbranched alkanes of at least 4 members (excludes halogenated alkanes) is 1. The summed E-state index contributed by atoms with van der Waals surface area (Å²) in [5.74, 6) is 0.282. The summed E-state index contributed by atoms with van der Waals surface area (Å²) < 4.78 is 40.2. The largest absolute Gasteiger partial charge is 0.362 e. The van der Waals surface area contributed by atoms with Gasteiger partial charge in [-0.15, -0.1) is 5.10 Å². The van der Waals surface area contributed by atoms with Crippen LogP contribution in [0.5, 0.6) is 0 Å². The average Bonchev–Trinajstić information content (AvgIpc) is 3.29. The Labute approximate surface area is 219 Å². The number of aromatic nitrogens is 5. The molecule has 1 aliphatic carbocycles. The van der Waals surface area contributed by atoms with Crippen LogP contribution >= 0.6 is 0 Å². The number of sulfone groups is 1. The molecule has 0 aliphatic heterocycles. The average molecular weight is 532 g/mol. The van der Waals surface area contributed by atoms with E-state index in [0.29, 0.717) is 35.9 Å². The molecule has 1 unspecified atom stereocenters. The van der Waals surface area contributed by atoms with Crippen molar-refractivity contribution in [2.24, 2.45) is 5.92 Å². The molecule has 0 spiro atoms. The first kappa shape index (κ1) is 28.6. The molecule has 11 heteroatoms. The van der Waals surface area contributed by atoms with E-state index < -0.39 is 15.7 Å². The standard InChI is InChI=1S/C26H38FN7O2S/c1-4-6-13-23(37(3,35)36)17-22(27)18-28-25-24-26(30-20-29-25)34(32-31-24)16-10-15-33(14-5-2)19-21-11-8-7-9-12-21/h7-9,11,13,17,20-21H,4-6,10,12,14-16,18-19H2,1-3H3,(H,28,29,30)/b22-17+,23-13+. The van der Waals surface area contributed by atoms with Crippen molar-refractivity contribution in [3.8, 4) is 0 Å². The highest BCUT2D eigenvalue weighted by Crippen LogP contribution is 2.19. The van der Waals surface area contributed by atoms with Gasteiger partial charge in [0.25, 0.3) is 0 Å². The molecule has 0 aromatic carbocycles. The lowest BCUT2D eigenvalue weighted by atomic mass is 10.00. The second kappa shape index (κ2) is 14.1. The van der Waals surface area contributed by atoms with Gasteiger partial charge in [0.05, 0.1) is 11.4 Å². The monoisotopic (exact) mass is 531 g/mol. The Morgan fingerprint density at radius 2 is 2.08 bits per heavy atom. The number of nitrogens with one attached hydrogen (secondary N) is 1. The van der Waals surface area contributed by atoms with Gasteiger partial charge in [0, 0.05) is 19.3 Å². The van der Waals surface area contributed by atoms with Gasteiger partial charge in [-0.25, -0.2) is 27.5 Å². The van der Waals surface area contributed by atoms with Crippen molar-refractivity contribution in [2.75, 3.05) is 37.8 Å². The first-order chi connectivity index (χ1) is 17.8. The molecule has 0 amide bonds. The van der Waals surface area contributed by atoms with Gasteiger partial charge in [0.1, 0.15) is 12.2 Å². The lowest BCUT2D eigenvalue weighted by molar-refractivity contribution is 0.240. The number of nitrogens with zero attached hydrogens (tertiary/aromatic N) is 6. The topological polar surface area (TPSA) is 106 Å². The number of fused-ring (bicyclic) bond motifs is 1. The molecular weight excluding hydrogens is 493 g/mol. The van der Waals surface area contributed by atoms with Gasteiger partial charge in [0.2, 0.25) is 0 Å². The van der Waals surface area contributed by atoms with Crippen LogP contribution in [0.15, 0.2) is 53.5 Å². The summed E-state index contributed by atoms with van der Waals surface area (Å²) in [6, 6.07) is 0. The van der Waals surface area contributed by atoms with Gasteiger partial charge in [-0.05, 0) is 50.8 Å². The molecule has 202 valence electrons. The highest BCUT2D eigenvalue weighted by atomic mass is 32.2. The Hall–Kier alpha value is -2.92. The Balaban J connectivity index is 1.61. The lowest BCUT2D eigenvalue weighted by Gasteiger charge is -2.26. The molecule has 1 N–H and O–H groups in total. The van der Waals surface area contributed by atoms with Crippen LogP contribution in [-0.4, -0.2) is 70.7 Å². The zero-order valence-electron chi connectivity index (χ0n) is 22.0. The second-order valence-electron chi connectivity index (χ2n) is 9.28. The Morgan fingerprint density at radius 3 is 2.78 bits per heavy atom. The van der Waals surface area contributed by atoms with E-state index in [4.69, 9.17) is 0 Å². The summed E-state index contributed by atoms with van der Waals surface area (Å²) in [5, 5.41) is 11.4. The summed E-state index contributed by atoms with van der Waals surface area (Å²) in [6.07, 6.45) is 18.2. The van der Waals surface area contributed by atoms with Crippen LogP contribution in [0, 0.1) is 5.92 Å². The van der Waals surface area contributed by atoms with Gasteiger partial charge >= 0.3 is 0 Å². The first-order valence-corrected chi connectivity index (χ1v) is 14.8. The molecule has 1 atom stereocenters. The number of allylic oxidation sites excluding steroid dienone is 5. The van der Waals surface area contributed by atoms with Crippen molar-refractivity contribution in [1.29, 1.82) is 0 Å². The quantitative estimate of drug-likeness (QED) is 0.336. The van der Waals surface area contributed by atoms with Gasteiger partial charge in [-0.3, -0.25) is 0 Å². The summed E-state index contributed by atoms with van der Waals surface area (Å²) in [5.41, 5.74) is 1.02. The summed E-state index contributed by atoms with van der Waals surface area (Å²) in [4.78, 5) is 11.0. The van der Waals surface area contributed by atoms with E-state index >= 15 is 0 Å². The van der Waals surface area contributed by atoms with E-state index in [1.807, 2.05) is 6.92 Å². The fourth-order valence-electron chi connectivity index (χ4n) is 4.20. The summed E-state index contributed by atoms with van der Waals surface area (Å²) >= 11 is 0. The molecule has 0 saturated carbocycles. The number of rotatable bonds is 15. The lowest BCUT2D eigenvalue weighted by Crippen LogP contribution is -2.31. The predicted molar refractivity (Wildman–Crippen MR) is 146 cm³/mol. The van der Waals surface area contributed by atoms with Crippen LogP contribution in [0.4, 0.5) is 10.2 Å². The highest BCUT2D eigenvalue weighted by molar-refractivity contribution is 7.94. The molecule has 9 nitrogen and oxygen atoms in total. The predicted octanol–water partition coefficient (Wildman–Crippen LogP) is 4.45. The second-order valence-corrected chi connectivity index (χ2v) is 11.3. The molecule has 3 rings (SSSR count). The molecule has 0 bridgehead atoms. The SMILES string of the molecule is CCC/C=C(\C=C(\F)CNc1ncnc2c1nnn2CCCN(CCC)CC1C=CC=CC1)S(C)(=O)=O. The fourth-order valence-corrected chi connectivity index (χ4v) is 4.97. The third-order valence-electron chi connectivity index (χ3n) is 6.03. The van der Waals surface area contributed by atoms with Crippen molar-refractivity contribution in [3.05, 3.63) is 53.5 Å². The van der Waals surface area contributed by atoms with E-state index in [2.05, 4.69) is 61.7 Å². The van der Waals surface area contributed by atoms with Crippen molar-refractivity contribution < 1.29 is 12.8 Å². The van der Waals surface area contributed by atoms with Crippen LogP contribution in [0.3, 0.4) is 0 Å². The van der Waals surface area contributed by atoms with E-state index in [-0.39, 0.29) is 11.4 Å². The Bertz CT molecular complexity index is 1250. The van der Waals surface area contributed by atoms with Crippen LogP contribution in [0.2, 0.25) is 0 Å². The summed E-state index contributed by atoms with van der Waals surface area (Å²) in [6.45, 7) is 7.59. The highest BCUT2D eigenvalue weighted by Gasteiger charge is 2.15. The minimum absolute atomic E-state index is 0.0273. The van der Waals surface area contributed by atoms with E-state index in [9.17, 15) is 12.8 Å². The molecule has 2 aromatic rings. The van der Waals surface area contributed by atoms with Crippen molar-refractivity contribution >= 4 is 26.8 Å². The van der Waals surface area contributed by atoms with Crippen LogP contribution in [0.25, 0.3) is 11.2 Å². The van der Waals surface area contributed by atoms with E-state index in [1.54, 1.807) is 4.68 Å². The molecule has 0 radical (unpaired) electrons. The van der Waals surface area contributed by atoms with E-state index in [0.717, 1.165) is 57.6 Å². The minimum Gasteiger partial charge on any atom is -0.362 e. The Morgan fingerprint density at radius 1 is 1.24 bits per heavy atom. The molecule has 0 fully saturated rings. The number of aryl methyl sites for hydroxylation is 1. The van der Waals surface area contributed by atoms with Gasteiger partial charge < -0.3 is 10.2 Å². The van der Waals surface area contributed by atoms with Crippen LogP contribution in [0.1, 0.15) is 46.0 Å². The molecule has 2 heterocycles. The van der Waals surface area contributed by atoms with Crippen molar-refractivity contribution in [1.82, 2.24) is 29.9 Å². The molecule has 0 saturated heterocycles. The molecule has 37 heavy (non-hydrogen) atoms. The smallest absolute Gasteiger partial charge is 0.183 e. The summed E-state index contributed by atoms with van der Waals surface area (Å²) in [7, 11) is -3.52. The number of hydrogen-bond acceptors (Lipinski definition) is 8. The van der Waals surface area contributed by atoms with Gasteiger partial charge in [-0.1, -0.05) is 55.9 Å². The van der Waals surface area contributed by atoms with Crippen molar-refractivity contribution in [3.63, 3.8) is 0 Å². The van der Waals surface area contributed by atoms with Crippen LogP contribution < -0.4 is 5.32 Å². The van der Waals surface area contributed by atoms with Gasteiger partial charge in [-0.2, -0.15) is 0 Å². The minimum atomic E-state index is -3.52. The molecular formula is C26H38FN7O2S. The molecule has 1 aliphatic rings. The third-order valence-corrected chi connectivity index (χ3v) is 7.17. The van der Waals surface area contributed by atoms with E-state index in [1.165, 1.54) is 12.4 Å². The van der Waals surface area contributed by atoms with Crippen LogP contribution in [-0.2, 0) is 16.4 Å². The zero-order chi connectivity index (χ0) is 26.7. The number of halogens is 1. The molecule has 2 aromatic heterocycles. The maximum Gasteiger partial charge on any atom is 0.183 e. The number of hydrogen-bond donors (Lipinski definition) is 1. The third kappa shape index (κ3) is 8.85. The maximum absolute atomic E-state index is 14.6. The maximum atomic E-state index is 14.6. The zero-order valence-corrected chi connectivity index (χ0v) is 22.8. The normalized spacial score (nSPS) is 16.7. The van der Waals surface area contributed by atoms with Crippen molar-refractivity contribution in [2.45, 2.75) is 52.5 Å². The number of anilines is 1. The Kier molecular flexibility index (Phi) is 10.9. The first-order valence-electron chi connectivity index (χ1n) is 12.9. The fraction of sp³-hybridized carbons (Fsp3) is 0.538. The van der Waals surface area contributed by atoms with Gasteiger partial charge in [0.15, 0.2) is 26.8 Å².